The lowest BCUT2D eigenvalue weighted by Crippen LogP contribution is -2.39. The molecule has 2 N–H and O–H groups in total. The molecule has 11 heteroatoms. The number of amides is 2. The molecule has 1 aromatic heterocycles. The van der Waals surface area contributed by atoms with Crippen LogP contribution < -0.4 is 14.9 Å². The van der Waals surface area contributed by atoms with Crippen LogP contribution >= 0.6 is 11.8 Å². The van der Waals surface area contributed by atoms with Gasteiger partial charge in [-0.1, -0.05) is 30.3 Å². The Morgan fingerprint density at radius 2 is 1.86 bits per heavy atom. The Hall–Kier alpha value is -3.28. The van der Waals surface area contributed by atoms with E-state index in [1.165, 1.54) is 0 Å². The first-order chi connectivity index (χ1) is 16.9. The Morgan fingerprint density at radius 1 is 1.09 bits per heavy atom. The van der Waals surface area contributed by atoms with Gasteiger partial charge >= 0.3 is 0 Å². The molecule has 5 rings (SSSR count). The van der Waals surface area contributed by atoms with Crippen LogP contribution in [0.15, 0.2) is 64.5 Å². The van der Waals surface area contributed by atoms with E-state index in [-0.39, 0.29) is 10.8 Å². The van der Waals surface area contributed by atoms with E-state index < -0.39 is 21.2 Å². The second kappa shape index (κ2) is 9.76. The third-order valence-corrected chi connectivity index (χ3v) is 8.31. The second-order valence-corrected chi connectivity index (χ2v) is 11.2. The first kappa shape index (κ1) is 23.5. The number of hydrogen-bond donors (Lipinski definition) is 2. The summed E-state index contributed by atoms with van der Waals surface area (Å²) in [5.41, 5.74) is 0.549. The number of anilines is 1. The minimum absolute atomic E-state index is 0.205. The van der Waals surface area contributed by atoms with Gasteiger partial charge in [0.2, 0.25) is 16.0 Å². The zero-order valence-corrected chi connectivity index (χ0v) is 20.3. The Balaban J connectivity index is 1.18. The summed E-state index contributed by atoms with van der Waals surface area (Å²) < 4.78 is 28.4. The van der Waals surface area contributed by atoms with E-state index in [0.29, 0.717) is 36.2 Å². The molecule has 0 aliphatic carbocycles. The quantitative estimate of drug-likeness (QED) is 0.486. The third-order valence-electron chi connectivity index (χ3n) is 6.08. The maximum Gasteiger partial charge on any atom is 0.290 e. The molecular formula is C24H23N5O4S2. The zero-order chi connectivity index (χ0) is 24.4. The maximum absolute atomic E-state index is 12.8. The van der Waals surface area contributed by atoms with Crippen LogP contribution in [0.5, 0.6) is 0 Å². The van der Waals surface area contributed by atoms with Gasteiger partial charge in [-0.15, -0.1) is 0 Å². The molecule has 3 heterocycles. The number of benzene rings is 2. The number of thioether (sulfide) groups is 1. The Kier molecular flexibility index (Phi) is 6.54. The number of carbonyl (C=O) groups excluding carboxylic acids is 2. The molecule has 0 saturated carbocycles. The average Bonchev–Trinajstić information content (AvgIpc) is 3.19. The van der Waals surface area contributed by atoms with Crippen LogP contribution in [0, 0.1) is 5.92 Å². The summed E-state index contributed by atoms with van der Waals surface area (Å²) in [6.45, 7) is 1.75. The van der Waals surface area contributed by atoms with E-state index in [1.54, 1.807) is 30.5 Å². The van der Waals surface area contributed by atoms with Crippen molar-refractivity contribution in [1.82, 2.24) is 20.0 Å². The second-order valence-electron chi connectivity index (χ2n) is 8.43. The SMILES string of the molecule is O=C1NC(=O)/C(=C/c2ccnc(N3CCC(CNS(=O)(=O)c4ccc5ccccc5c4)CC3)n2)S1. The summed E-state index contributed by atoms with van der Waals surface area (Å²) in [6, 6.07) is 14.5. The normalized spacial score (nSPS) is 18.4. The fourth-order valence-corrected chi connectivity index (χ4v) is 5.95. The Bertz CT molecular complexity index is 1430. The van der Waals surface area contributed by atoms with Gasteiger partial charge in [-0.25, -0.2) is 23.1 Å². The molecule has 2 aromatic carbocycles. The van der Waals surface area contributed by atoms with Crippen LogP contribution in [0.4, 0.5) is 10.7 Å². The predicted octanol–water partition coefficient (Wildman–Crippen LogP) is 3.15. The van der Waals surface area contributed by atoms with Gasteiger partial charge in [0, 0.05) is 25.8 Å². The predicted molar refractivity (Wildman–Crippen MR) is 135 cm³/mol. The van der Waals surface area contributed by atoms with Gasteiger partial charge in [-0.3, -0.25) is 14.9 Å². The number of piperidine rings is 1. The summed E-state index contributed by atoms with van der Waals surface area (Å²) in [6.07, 6.45) is 4.78. The minimum atomic E-state index is -3.60. The molecule has 2 aliphatic heterocycles. The molecule has 2 aliphatic rings. The molecule has 2 amide bonds. The Labute approximate surface area is 207 Å². The maximum atomic E-state index is 12.8. The average molecular weight is 510 g/mol. The number of aromatic nitrogens is 2. The van der Waals surface area contributed by atoms with E-state index >= 15 is 0 Å². The van der Waals surface area contributed by atoms with Crippen molar-refractivity contribution in [3.8, 4) is 0 Å². The summed E-state index contributed by atoms with van der Waals surface area (Å²) >= 11 is 0.848. The van der Waals surface area contributed by atoms with E-state index in [9.17, 15) is 18.0 Å². The fraction of sp³-hybridized carbons (Fsp3) is 0.250. The molecule has 9 nitrogen and oxygen atoms in total. The first-order valence-electron chi connectivity index (χ1n) is 11.2. The van der Waals surface area contributed by atoms with Gasteiger partial charge in [-0.2, -0.15) is 0 Å². The highest BCUT2D eigenvalue weighted by molar-refractivity contribution is 8.18. The summed E-state index contributed by atoms with van der Waals surface area (Å²) in [7, 11) is -3.60. The van der Waals surface area contributed by atoms with Crippen molar-refractivity contribution in [2.24, 2.45) is 5.92 Å². The van der Waals surface area contributed by atoms with Crippen molar-refractivity contribution >= 4 is 55.7 Å². The van der Waals surface area contributed by atoms with E-state index in [1.807, 2.05) is 35.2 Å². The number of nitrogens with zero attached hydrogens (tertiary/aromatic N) is 3. The molecule has 3 aromatic rings. The van der Waals surface area contributed by atoms with Gasteiger partial charge in [0.1, 0.15) is 0 Å². The van der Waals surface area contributed by atoms with Crippen molar-refractivity contribution < 1.29 is 18.0 Å². The number of rotatable bonds is 6. The molecule has 0 radical (unpaired) electrons. The number of imide groups is 1. The summed E-state index contributed by atoms with van der Waals surface area (Å²) in [5.74, 6) is 0.327. The van der Waals surface area contributed by atoms with E-state index in [0.717, 1.165) is 35.4 Å². The lowest BCUT2D eigenvalue weighted by atomic mass is 9.97. The van der Waals surface area contributed by atoms with E-state index in [2.05, 4.69) is 20.0 Å². The monoisotopic (exact) mass is 509 g/mol. The lowest BCUT2D eigenvalue weighted by molar-refractivity contribution is -0.115. The van der Waals surface area contributed by atoms with Crippen LogP contribution in [0.3, 0.4) is 0 Å². The molecule has 0 unspecified atom stereocenters. The van der Waals surface area contributed by atoms with Crippen molar-refractivity contribution in [3.63, 3.8) is 0 Å². The summed E-state index contributed by atoms with van der Waals surface area (Å²) in [4.78, 5) is 34.6. The van der Waals surface area contributed by atoms with E-state index in [4.69, 9.17) is 0 Å². The molecule has 2 fully saturated rings. The van der Waals surface area contributed by atoms with Crippen LogP contribution in [-0.4, -0.2) is 49.2 Å². The van der Waals surface area contributed by atoms with Gasteiger partial charge in [0.15, 0.2) is 0 Å². The van der Waals surface area contributed by atoms with Crippen LogP contribution in [0.2, 0.25) is 0 Å². The smallest absolute Gasteiger partial charge is 0.290 e. The van der Waals surface area contributed by atoms with Gasteiger partial charge in [0.25, 0.3) is 11.1 Å². The fourth-order valence-electron chi connectivity index (χ4n) is 4.13. The van der Waals surface area contributed by atoms with Gasteiger partial charge in [0.05, 0.1) is 15.5 Å². The highest BCUT2D eigenvalue weighted by atomic mass is 32.2. The molecule has 0 spiro atoms. The molecule has 2 saturated heterocycles. The van der Waals surface area contributed by atoms with Crippen LogP contribution in [-0.2, 0) is 14.8 Å². The topological polar surface area (TPSA) is 121 Å². The summed E-state index contributed by atoms with van der Waals surface area (Å²) in [5, 5.41) is 3.72. The van der Waals surface area contributed by atoms with Crippen LogP contribution in [0.25, 0.3) is 16.8 Å². The molecule has 35 heavy (non-hydrogen) atoms. The van der Waals surface area contributed by atoms with Crippen molar-refractivity contribution in [1.29, 1.82) is 0 Å². The van der Waals surface area contributed by atoms with Gasteiger partial charge < -0.3 is 4.90 Å². The van der Waals surface area contributed by atoms with Crippen molar-refractivity contribution in [2.45, 2.75) is 17.7 Å². The number of fused-ring (bicyclic) bond motifs is 1. The minimum Gasteiger partial charge on any atom is -0.341 e. The Morgan fingerprint density at radius 3 is 2.60 bits per heavy atom. The van der Waals surface area contributed by atoms with Crippen LogP contribution in [0.1, 0.15) is 18.5 Å². The largest absolute Gasteiger partial charge is 0.341 e. The standard InChI is InChI=1S/C24H23N5O4S2/c30-22-21(34-24(31)28-22)14-19-7-10-25-23(27-19)29-11-8-16(9-12-29)15-26-35(32,33)20-6-5-17-3-1-2-4-18(17)13-20/h1-7,10,13-14,16,26H,8-9,11-12,15H2,(H,28,30,31)/b21-14-. The highest BCUT2D eigenvalue weighted by Crippen LogP contribution is 2.26. The van der Waals surface area contributed by atoms with Crippen molar-refractivity contribution in [3.05, 3.63) is 65.3 Å². The first-order valence-corrected chi connectivity index (χ1v) is 13.5. The zero-order valence-electron chi connectivity index (χ0n) is 18.7. The molecular weight excluding hydrogens is 486 g/mol. The number of hydrogen-bond acceptors (Lipinski definition) is 8. The molecule has 0 bridgehead atoms. The number of nitrogens with one attached hydrogen (secondary N) is 2. The molecule has 180 valence electrons. The number of carbonyl (C=O) groups is 2. The highest BCUT2D eigenvalue weighted by Gasteiger charge is 2.26. The van der Waals surface area contributed by atoms with Gasteiger partial charge in [-0.05, 0) is 65.6 Å². The van der Waals surface area contributed by atoms with Crippen molar-refractivity contribution in [2.75, 3.05) is 24.5 Å². The number of sulfonamides is 1. The molecule has 0 atom stereocenters. The third kappa shape index (κ3) is 5.37. The lowest BCUT2D eigenvalue weighted by Gasteiger charge is -2.32.